The third kappa shape index (κ3) is 6.28. The molecule has 3 aromatic heterocycles. The van der Waals surface area contributed by atoms with Crippen molar-refractivity contribution in [2.45, 2.75) is 6.42 Å². The molecule has 12 nitrogen and oxygen atoms in total. The number of carbonyl (C=O) groups excluding carboxylic acids is 1. The van der Waals surface area contributed by atoms with Gasteiger partial charge in [0.2, 0.25) is 5.95 Å². The number of ether oxygens (including phenoxy) is 3. The van der Waals surface area contributed by atoms with Crippen molar-refractivity contribution in [3.8, 4) is 11.5 Å². The van der Waals surface area contributed by atoms with Crippen LogP contribution in [0.3, 0.4) is 0 Å². The second-order valence-corrected chi connectivity index (χ2v) is 8.51. The van der Waals surface area contributed by atoms with Crippen molar-refractivity contribution in [2.75, 3.05) is 57.2 Å². The minimum atomic E-state index is -0.318. The van der Waals surface area contributed by atoms with Crippen molar-refractivity contribution in [3.05, 3.63) is 60.9 Å². The summed E-state index contributed by atoms with van der Waals surface area (Å²) in [6, 6.07) is 6.92. The van der Waals surface area contributed by atoms with E-state index in [2.05, 4.69) is 40.5 Å². The summed E-state index contributed by atoms with van der Waals surface area (Å²) in [5, 5.41) is 6.62. The molecule has 4 heterocycles. The molecule has 38 heavy (non-hydrogen) atoms. The molecule has 0 spiro atoms. The molecule has 1 fully saturated rings. The Hall–Kier alpha value is -4.42. The lowest BCUT2D eigenvalue weighted by Gasteiger charge is -2.26. The third-order valence-electron chi connectivity index (χ3n) is 5.98. The predicted molar refractivity (Wildman–Crippen MR) is 141 cm³/mol. The number of morpholine rings is 1. The number of aromatic nitrogens is 5. The van der Waals surface area contributed by atoms with Crippen LogP contribution in [0.15, 0.2) is 55.4 Å². The van der Waals surface area contributed by atoms with Gasteiger partial charge in [0.15, 0.2) is 11.5 Å². The maximum Gasteiger partial charge on any atom is 0.258 e. The number of benzene rings is 1. The Bertz CT molecular complexity index is 1370. The highest BCUT2D eigenvalue weighted by atomic mass is 16.5. The maximum absolute atomic E-state index is 12.3. The molecule has 1 aromatic carbocycles. The van der Waals surface area contributed by atoms with Crippen molar-refractivity contribution in [1.82, 2.24) is 29.8 Å². The van der Waals surface area contributed by atoms with Crippen LogP contribution in [0, 0.1) is 0 Å². The third-order valence-corrected chi connectivity index (χ3v) is 5.98. The zero-order valence-corrected chi connectivity index (χ0v) is 21.0. The summed E-state index contributed by atoms with van der Waals surface area (Å²) in [5.74, 6) is 1.64. The van der Waals surface area contributed by atoms with Gasteiger partial charge in [-0.05, 0) is 24.6 Å². The number of amides is 1. The molecule has 12 heteroatoms. The predicted octanol–water partition coefficient (Wildman–Crippen LogP) is 2.92. The molecule has 1 aliphatic rings. The Morgan fingerprint density at radius 1 is 1.05 bits per heavy atom. The standard InChI is InChI=1S/C26H28N8O4/c1-36-22-13-20-21(14-23(22)38-10-2-7-34-8-11-37-12-9-34)30-17-31-24(20)32-19-15-28-26(29-16-19)33-25(35)18-3-5-27-6-4-18/h3-6,13-17H,2,7-12H2,1H3,(H,30,31,32)(H,28,29,33,35). The van der Waals surface area contributed by atoms with Crippen molar-refractivity contribution in [2.24, 2.45) is 0 Å². The number of carbonyl (C=O) groups is 1. The van der Waals surface area contributed by atoms with Crippen molar-refractivity contribution < 1.29 is 19.0 Å². The molecule has 1 aliphatic heterocycles. The van der Waals surface area contributed by atoms with E-state index in [1.54, 1.807) is 44.0 Å². The molecular weight excluding hydrogens is 488 g/mol. The summed E-state index contributed by atoms with van der Waals surface area (Å²) >= 11 is 0. The molecule has 0 aliphatic carbocycles. The molecule has 2 N–H and O–H groups in total. The summed E-state index contributed by atoms with van der Waals surface area (Å²) in [4.78, 5) is 35.8. The van der Waals surface area contributed by atoms with E-state index in [0.29, 0.717) is 40.7 Å². The lowest BCUT2D eigenvalue weighted by Crippen LogP contribution is -2.37. The largest absolute Gasteiger partial charge is 0.493 e. The molecular formula is C26H28N8O4. The highest BCUT2D eigenvalue weighted by molar-refractivity contribution is 6.03. The first kappa shape index (κ1) is 25.2. The smallest absolute Gasteiger partial charge is 0.258 e. The van der Waals surface area contributed by atoms with E-state index in [9.17, 15) is 4.79 Å². The van der Waals surface area contributed by atoms with Gasteiger partial charge in [-0.3, -0.25) is 20.0 Å². The van der Waals surface area contributed by atoms with E-state index in [1.807, 2.05) is 12.1 Å². The van der Waals surface area contributed by atoms with Crippen molar-refractivity contribution in [3.63, 3.8) is 0 Å². The van der Waals surface area contributed by atoms with Gasteiger partial charge < -0.3 is 19.5 Å². The first-order valence-electron chi connectivity index (χ1n) is 12.3. The zero-order chi connectivity index (χ0) is 26.2. The molecule has 1 saturated heterocycles. The van der Waals surface area contributed by atoms with Crippen LogP contribution in [0.25, 0.3) is 10.9 Å². The van der Waals surface area contributed by atoms with Crippen LogP contribution in [0.1, 0.15) is 16.8 Å². The van der Waals surface area contributed by atoms with Crippen LogP contribution in [-0.4, -0.2) is 82.3 Å². The fourth-order valence-electron chi connectivity index (χ4n) is 4.00. The average Bonchev–Trinajstić information content (AvgIpc) is 2.97. The Morgan fingerprint density at radius 3 is 2.61 bits per heavy atom. The lowest BCUT2D eigenvalue weighted by molar-refractivity contribution is 0.0357. The van der Waals surface area contributed by atoms with Gasteiger partial charge in [0, 0.05) is 49.0 Å². The fraction of sp³-hybridized carbons (Fsp3) is 0.308. The van der Waals surface area contributed by atoms with Gasteiger partial charge in [0.25, 0.3) is 5.91 Å². The monoisotopic (exact) mass is 516 g/mol. The number of fused-ring (bicyclic) bond motifs is 1. The minimum Gasteiger partial charge on any atom is -0.493 e. The number of hydrogen-bond donors (Lipinski definition) is 2. The normalized spacial score (nSPS) is 13.7. The van der Waals surface area contributed by atoms with E-state index in [0.717, 1.165) is 44.7 Å². The molecule has 4 aromatic rings. The highest BCUT2D eigenvalue weighted by Gasteiger charge is 2.14. The summed E-state index contributed by atoms with van der Waals surface area (Å²) in [6.45, 7) is 5.02. The van der Waals surface area contributed by atoms with E-state index < -0.39 is 0 Å². The molecule has 1 amide bonds. The number of pyridine rings is 1. The second kappa shape index (κ2) is 12.2. The Balaban J connectivity index is 1.24. The number of nitrogens with zero attached hydrogens (tertiary/aromatic N) is 6. The number of anilines is 3. The first-order valence-corrected chi connectivity index (χ1v) is 12.3. The SMILES string of the molecule is COc1cc2c(Nc3cnc(NC(=O)c4ccncc4)nc3)ncnc2cc1OCCCN1CCOCC1. The quantitative estimate of drug-likeness (QED) is 0.301. The molecule has 0 bridgehead atoms. The molecule has 0 saturated carbocycles. The van der Waals surface area contributed by atoms with Gasteiger partial charge in [-0.25, -0.2) is 19.9 Å². The minimum absolute atomic E-state index is 0.182. The van der Waals surface area contributed by atoms with Crippen LogP contribution in [0.5, 0.6) is 11.5 Å². The summed E-state index contributed by atoms with van der Waals surface area (Å²) in [6.07, 6.45) is 8.59. The Kier molecular flexibility index (Phi) is 8.11. The number of nitrogens with one attached hydrogen (secondary N) is 2. The average molecular weight is 517 g/mol. The van der Waals surface area contributed by atoms with Crippen molar-refractivity contribution in [1.29, 1.82) is 0 Å². The van der Waals surface area contributed by atoms with Crippen LogP contribution < -0.4 is 20.1 Å². The molecule has 0 unspecified atom stereocenters. The zero-order valence-electron chi connectivity index (χ0n) is 21.0. The summed E-state index contributed by atoms with van der Waals surface area (Å²) in [7, 11) is 1.60. The van der Waals surface area contributed by atoms with Crippen molar-refractivity contribution >= 4 is 34.3 Å². The van der Waals surface area contributed by atoms with Crippen LogP contribution >= 0.6 is 0 Å². The highest BCUT2D eigenvalue weighted by Crippen LogP contribution is 2.34. The molecule has 196 valence electrons. The molecule has 0 radical (unpaired) electrons. The van der Waals surface area contributed by atoms with Crippen LogP contribution in [0.4, 0.5) is 17.5 Å². The topological polar surface area (TPSA) is 137 Å². The van der Waals surface area contributed by atoms with Gasteiger partial charge in [-0.15, -0.1) is 0 Å². The van der Waals surface area contributed by atoms with Crippen LogP contribution in [-0.2, 0) is 4.74 Å². The van der Waals surface area contributed by atoms with Crippen LogP contribution in [0.2, 0.25) is 0 Å². The molecule has 0 atom stereocenters. The Morgan fingerprint density at radius 2 is 1.84 bits per heavy atom. The molecule has 5 rings (SSSR count). The number of hydrogen-bond acceptors (Lipinski definition) is 11. The van der Waals surface area contributed by atoms with Gasteiger partial charge in [0.1, 0.15) is 12.1 Å². The second-order valence-electron chi connectivity index (χ2n) is 8.51. The number of methoxy groups -OCH3 is 1. The first-order chi connectivity index (χ1) is 18.7. The van der Waals surface area contributed by atoms with E-state index in [4.69, 9.17) is 14.2 Å². The summed E-state index contributed by atoms with van der Waals surface area (Å²) < 4.78 is 17.0. The van der Waals surface area contributed by atoms with Gasteiger partial charge in [-0.2, -0.15) is 0 Å². The summed E-state index contributed by atoms with van der Waals surface area (Å²) in [5.41, 5.74) is 1.76. The maximum atomic E-state index is 12.3. The number of rotatable bonds is 10. The van der Waals surface area contributed by atoms with E-state index in [-0.39, 0.29) is 11.9 Å². The van der Waals surface area contributed by atoms with Gasteiger partial charge in [0.05, 0.1) is 50.5 Å². The lowest BCUT2D eigenvalue weighted by atomic mass is 10.2. The van der Waals surface area contributed by atoms with Gasteiger partial charge in [-0.1, -0.05) is 0 Å². The van der Waals surface area contributed by atoms with Gasteiger partial charge >= 0.3 is 0 Å². The van der Waals surface area contributed by atoms with E-state index in [1.165, 1.54) is 6.33 Å². The Labute approximate surface area is 219 Å². The van der Waals surface area contributed by atoms with E-state index >= 15 is 0 Å². The fourth-order valence-corrected chi connectivity index (χ4v) is 4.00.